The molecule has 0 aromatic heterocycles. The van der Waals surface area contributed by atoms with Crippen LogP contribution in [0.5, 0.6) is 17.2 Å². The monoisotopic (exact) mass is 355 g/mol. The minimum Gasteiger partial charge on any atom is -0.508 e. The fourth-order valence-electron chi connectivity index (χ4n) is 3.21. The summed E-state index contributed by atoms with van der Waals surface area (Å²) in [6.07, 6.45) is 0.389. The molecule has 0 radical (unpaired) electrons. The Hall–Kier alpha value is -2.53. The summed E-state index contributed by atoms with van der Waals surface area (Å²) in [7, 11) is 0. The molecule has 2 aromatic carbocycles. The molecule has 138 valence electrons. The molecule has 1 heterocycles. The van der Waals surface area contributed by atoms with Crippen LogP contribution in [0.3, 0.4) is 0 Å². The number of hydrogen-bond donors (Lipinski definition) is 1. The van der Waals surface area contributed by atoms with Crippen molar-refractivity contribution in [2.75, 3.05) is 26.3 Å². The number of benzene rings is 2. The van der Waals surface area contributed by atoms with E-state index in [-0.39, 0.29) is 11.7 Å². The number of hydrogen-bond acceptors (Lipinski definition) is 4. The first-order chi connectivity index (χ1) is 12.4. The molecule has 0 bridgehead atoms. The van der Waals surface area contributed by atoms with Gasteiger partial charge in [-0.15, -0.1) is 0 Å². The number of amides is 1. The lowest BCUT2D eigenvalue weighted by Gasteiger charge is -2.27. The molecule has 2 aromatic rings. The van der Waals surface area contributed by atoms with Crippen molar-refractivity contribution in [2.24, 2.45) is 0 Å². The highest BCUT2D eigenvalue weighted by molar-refractivity contribution is 5.79. The molecule has 5 heteroatoms. The number of phenols is 1. The molecule has 26 heavy (non-hydrogen) atoms. The molecule has 0 unspecified atom stereocenters. The lowest BCUT2D eigenvalue weighted by atomic mass is 10.0. The fourth-order valence-corrected chi connectivity index (χ4v) is 3.21. The van der Waals surface area contributed by atoms with Gasteiger partial charge in [0.2, 0.25) is 5.91 Å². The van der Waals surface area contributed by atoms with Gasteiger partial charge in [-0.25, -0.2) is 0 Å². The van der Waals surface area contributed by atoms with Crippen molar-refractivity contribution >= 4 is 5.91 Å². The first-order valence-corrected chi connectivity index (χ1v) is 8.87. The van der Waals surface area contributed by atoms with Crippen molar-refractivity contribution in [3.8, 4) is 17.2 Å². The number of aromatic hydroxyl groups is 1. The van der Waals surface area contributed by atoms with Gasteiger partial charge in [-0.05, 0) is 61.2 Å². The summed E-state index contributed by atoms with van der Waals surface area (Å²) in [6.45, 7) is 8.36. The molecule has 1 aliphatic rings. The quantitative estimate of drug-likeness (QED) is 0.912. The molecule has 5 nitrogen and oxygen atoms in total. The Morgan fingerprint density at radius 2 is 1.73 bits per heavy atom. The van der Waals surface area contributed by atoms with Gasteiger partial charge in [-0.2, -0.15) is 0 Å². The van der Waals surface area contributed by atoms with Crippen LogP contribution < -0.4 is 4.74 Å². The van der Waals surface area contributed by atoms with E-state index in [4.69, 9.17) is 9.47 Å². The third kappa shape index (κ3) is 4.17. The van der Waals surface area contributed by atoms with Gasteiger partial charge < -0.3 is 19.5 Å². The molecule has 0 aliphatic carbocycles. The summed E-state index contributed by atoms with van der Waals surface area (Å²) in [6, 6.07) is 9.20. The van der Waals surface area contributed by atoms with E-state index in [1.54, 1.807) is 12.1 Å². The van der Waals surface area contributed by atoms with Gasteiger partial charge in [0, 0.05) is 13.1 Å². The van der Waals surface area contributed by atoms with E-state index in [9.17, 15) is 9.90 Å². The van der Waals surface area contributed by atoms with Gasteiger partial charge in [-0.3, -0.25) is 4.79 Å². The van der Waals surface area contributed by atoms with Crippen LogP contribution in [0.15, 0.2) is 30.3 Å². The molecule has 1 fully saturated rings. The third-order valence-corrected chi connectivity index (χ3v) is 4.63. The minimum atomic E-state index is 0.134. The van der Waals surface area contributed by atoms with Crippen molar-refractivity contribution in [1.82, 2.24) is 4.90 Å². The number of ether oxygens (including phenoxy) is 2. The van der Waals surface area contributed by atoms with E-state index >= 15 is 0 Å². The Morgan fingerprint density at radius 3 is 2.35 bits per heavy atom. The number of carbonyl (C=O) groups excluding carboxylic acids is 1. The van der Waals surface area contributed by atoms with Crippen LogP contribution in [0.4, 0.5) is 0 Å². The molecule has 1 aliphatic heterocycles. The number of aryl methyl sites for hydroxylation is 3. The number of carbonyl (C=O) groups is 1. The summed E-state index contributed by atoms with van der Waals surface area (Å²) in [5.41, 5.74) is 3.73. The van der Waals surface area contributed by atoms with Gasteiger partial charge in [0.1, 0.15) is 17.2 Å². The van der Waals surface area contributed by atoms with E-state index in [0.717, 1.165) is 28.0 Å². The zero-order valence-electron chi connectivity index (χ0n) is 15.5. The Kier molecular flexibility index (Phi) is 5.47. The summed E-state index contributed by atoms with van der Waals surface area (Å²) in [5, 5.41) is 9.65. The molecule has 1 N–H and O–H groups in total. The molecule has 0 spiro atoms. The molecule has 0 saturated carbocycles. The Morgan fingerprint density at radius 1 is 1.08 bits per heavy atom. The maximum atomic E-state index is 12.5. The normalized spacial score (nSPS) is 14.3. The van der Waals surface area contributed by atoms with Gasteiger partial charge in [0.15, 0.2) is 0 Å². The van der Waals surface area contributed by atoms with Crippen LogP contribution in [0.2, 0.25) is 0 Å². The second-order valence-electron chi connectivity index (χ2n) is 6.78. The van der Waals surface area contributed by atoms with Crippen LogP contribution in [-0.2, 0) is 16.0 Å². The van der Waals surface area contributed by atoms with Crippen LogP contribution >= 0.6 is 0 Å². The first kappa shape index (κ1) is 18.3. The molecule has 0 atom stereocenters. The maximum absolute atomic E-state index is 12.5. The Labute approximate surface area is 154 Å². The topological polar surface area (TPSA) is 59.0 Å². The molecular formula is C21H25NO4. The van der Waals surface area contributed by atoms with E-state index in [2.05, 4.69) is 0 Å². The van der Waals surface area contributed by atoms with Crippen molar-refractivity contribution in [2.45, 2.75) is 27.2 Å². The Bertz CT molecular complexity index is 787. The van der Waals surface area contributed by atoms with Crippen LogP contribution in [-0.4, -0.2) is 42.2 Å². The zero-order valence-corrected chi connectivity index (χ0v) is 15.5. The van der Waals surface area contributed by atoms with Crippen LogP contribution in [0, 0.1) is 20.8 Å². The highest BCUT2D eigenvalue weighted by Crippen LogP contribution is 2.32. The van der Waals surface area contributed by atoms with Crippen LogP contribution in [0.1, 0.15) is 22.3 Å². The van der Waals surface area contributed by atoms with Crippen molar-refractivity contribution < 1.29 is 19.4 Å². The highest BCUT2D eigenvalue weighted by atomic mass is 16.5. The van der Waals surface area contributed by atoms with E-state index < -0.39 is 0 Å². The van der Waals surface area contributed by atoms with Crippen molar-refractivity contribution in [3.05, 3.63) is 52.6 Å². The van der Waals surface area contributed by atoms with Crippen molar-refractivity contribution in [3.63, 3.8) is 0 Å². The number of morpholine rings is 1. The third-order valence-electron chi connectivity index (χ3n) is 4.63. The lowest BCUT2D eigenvalue weighted by molar-refractivity contribution is -0.134. The largest absolute Gasteiger partial charge is 0.508 e. The van der Waals surface area contributed by atoms with Gasteiger partial charge in [-0.1, -0.05) is 12.1 Å². The fraction of sp³-hybridized carbons (Fsp3) is 0.381. The Balaban J connectivity index is 1.75. The molecule has 1 saturated heterocycles. The number of nitrogens with zero attached hydrogens (tertiary/aromatic N) is 1. The van der Waals surface area contributed by atoms with Gasteiger partial charge in [0.25, 0.3) is 0 Å². The summed E-state index contributed by atoms with van der Waals surface area (Å²) >= 11 is 0. The highest BCUT2D eigenvalue weighted by Gasteiger charge is 2.18. The maximum Gasteiger partial charge on any atom is 0.227 e. The second-order valence-corrected chi connectivity index (χ2v) is 6.78. The predicted octanol–water partition coefficient (Wildman–Crippen LogP) is 3.51. The smallest absolute Gasteiger partial charge is 0.227 e. The van der Waals surface area contributed by atoms with Gasteiger partial charge >= 0.3 is 0 Å². The first-order valence-electron chi connectivity index (χ1n) is 8.87. The van der Waals surface area contributed by atoms with E-state index in [0.29, 0.717) is 38.5 Å². The summed E-state index contributed by atoms with van der Waals surface area (Å²) in [4.78, 5) is 14.3. The average Bonchev–Trinajstić information content (AvgIpc) is 2.62. The molecular weight excluding hydrogens is 330 g/mol. The number of phenolic OH excluding ortho intramolecular Hbond substituents is 1. The van der Waals surface area contributed by atoms with Gasteiger partial charge in [0.05, 0.1) is 19.6 Å². The number of rotatable bonds is 4. The van der Waals surface area contributed by atoms with E-state index in [1.807, 2.05) is 43.9 Å². The molecule has 1 amide bonds. The second kappa shape index (κ2) is 7.79. The minimum absolute atomic E-state index is 0.134. The zero-order chi connectivity index (χ0) is 18.7. The van der Waals surface area contributed by atoms with Crippen molar-refractivity contribution in [1.29, 1.82) is 0 Å². The molecule has 3 rings (SSSR count). The van der Waals surface area contributed by atoms with E-state index in [1.165, 1.54) is 0 Å². The predicted molar refractivity (Wildman–Crippen MR) is 99.9 cm³/mol. The standard InChI is InChI=1S/C21H25NO4/c1-14-12-18(4-5-19(14)23)26-21-15(2)10-17(11-16(21)3)13-20(24)22-6-8-25-9-7-22/h4-5,10-12,23H,6-9,13H2,1-3H3. The summed E-state index contributed by atoms with van der Waals surface area (Å²) < 4.78 is 11.3. The average molecular weight is 355 g/mol. The summed E-state index contributed by atoms with van der Waals surface area (Å²) in [5.74, 6) is 1.86. The lowest BCUT2D eigenvalue weighted by Crippen LogP contribution is -2.41. The SMILES string of the molecule is Cc1cc(Oc2c(C)cc(CC(=O)N3CCOCC3)cc2C)ccc1O. The van der Waals surface area contributed by atoms with Crippen LogP contribution in [0.25, 0.3) is 0 Å².